The van der Waals surface area contributed by atoms with Gasteiger partial charge >= 0.3 is 0 Å². The molecule has 2 aromatic rings. The third-order valence-corrected chi connectivity index (χ3v) is 3.22. The average molecular weight is 281 g/mol. The molecule has 0 unspecified atom stereocenters. The second-order valence-corrected chi connectivity index (χ2v) is 4.62. The highest BCUT2D eigenvalue weighted by atomic mass is 16.5. The van der Waals surface area contributed by atoms with Crippen LogP contribution in [0.3, 0.4) is 0 Å². The summed E-state index contributed by atoms with van der Waals surface area (Å²) in [5.41, 5.74) is 2.89. The van der Waals surface area contributed by atoms with Crippen LogP contribution in [0.2, 0.25) is 0 Å². The van der Waals surface area contributed by atoms with E-state index >= 15 is 0 Å². The van der Waals surface area contributed by atoms with E-state index in [0.717, 1.165) is 17.9 Å². The second-order valence-electron chi connectivity index (χ2n) is 4.62. The van der Waals surface area contributed by atoms with Crippen LogP contribution in [0, 0.1) is 0 Å². The molecule has 0 radical (unpaired) electrons. The standard InChI is InChI=1S/C18H19NO2/c1-3-14-4-8-16(9-5-14)19-13-12-18(20)15-6-10-17(21-2)11-7-15/h4-13,19H,3H2,1-2H3/b13-12+. The fraction of sp³-hybridized carbons (Fsp3) is 0.167. The third-order valence-electron chi connectivity index (χ3n) is 3.22. The first-order valence-electron chi connectivity index (χ1n) is 6.93. The minimum Gasteiger partial charge on any atom is -0.497 e. The van der Waals surface area contributed by atoms with Crippen LogP contribution in [0.25, 0.3) is 0 Å². The van der Waals surface area contributed by atoms with E-state index < -0.39 is 0 Å². The lowest BCUT2D eigenvalue weighted by molar-refractivity contribution is 0.104. The van der Waals surface area contributed by atoms with Crippen LogP contribution in [0.15, 0.2) is 60.8 Å². The minimum absolute atomic E-state index is 0.0460. The molecule has 3 heteroatoms. The van der Waals surface area contributed by atoms with E-state index in [-0.39, 0.29) is 5.78 Å². The molecule has 0 aliphatic carbocycles. The Morgan fingerprint density at radius 2 is 1.76 bits per heavy atom. The molecule has 2 rings (SSSR count). The van der Waals surface area contributed by atoms with Crippen molar-refractivity contribution in [1.82, 2.24) is 0 Å². The average Bonchev–Trinajstić information content (AvgIpc) is 2.55. The lowest BCUT2D eigenvalue weighted by Gasteiger charge is -2.02. The molecule has 0 aromatic heterocycles. The zero-order valence-corrected chi connectivity index (χ0v) is 12.3. The van der Waals surface area contributed by atoms with E-state index in [2.05, 4.69) is 24.4 Å². The van der Waals surface area contributed by atoms with Crippen molar-refractivity contribution in [2.45, 2.75) is 13.3 Å². The number of ketones is 1. The van der Waals surface area contributed by atoms with Crippen molar-refractivity contribution in [2.24, 2.45) is 0 Å². The monoisotopic (exact) mass is 281 g/mol. The Morgan fingerprint density at radius 1 is 1.10 bits per heavy atom. The Morgan fingerprint density at radius 3 is 2.33 bits per heavy atom. The predicted molar refractivity (Wildman–Crippen MR) is 85.9 cm³/mol. The zero-order chi connectivity index (χ0) is 15.1. The van der Waals surface area contributed by atoms with Gasteiger partial charge < -0.3 is 10.1 Å². The molecule has 0 spiro atoms. The first-order valence-corrected chi connectivity index (χ1v) is 6.93. The SMILES string of the molecule is CCc1ccc(N/C=C/C(=O)c2ccc(OC)cc2)cc1. The molecule has 0 heterocycles. The smallest absolute Gasteiger partial charge is 0.187 e. The van der Waals surface area contributed by atoms with Crippen molar-refractivity contribution in [3.05, 3.63) is 71.9 Å². The number of ether oxygens (including phenoxy) is 1. The number of hydrogen-bond donors (Lipinski definition) is 1. The first kappa shape index (κ1) is 14.9. The molecule has 3 nitrogen and oxygen atoms in total. The van der Waals surface area contributed by atoms with Crippen LogP contribution in [0.4, 0.5) is 5.69 Å². The molecule has 0 bridgehead atoms. The molecule has 0 amide bonds. The summed E-state index contributed by atoms with van der Waals surface area (Å²) in [7, 11) is 1.60. The number of nitrogens with one attached hydrogen (secondary N) is 1. The Hall–Kier alpha value is -2.55. The Kier molecular flexibility index (Phi) is 5.16. The molecule has 0 aliphatic rings. The van der Waals surface area contributed by atoms with Crippen molar-refractivity contribution in [3.63, 3.8) is 0 Å². The fourth-order valence-electron chi connectivity index (χ4n) is 1.90. The summed E-state index contributed by atoms with van der Waals surface area (Å²) in [4.78, 5) is 12.0. The molecular formula is C18H19NO2. The molecule has 0 saturated heterocycles. The Labute approximate surface area is 125 Å². The maximum Gasteiger partial charge on any atom is 0.187 e. The van der Waals surface area contributed by atoms with Crippen LogP contribution in [0.5, 0.6) is 5.75 Å². The van der Waals surface area contributed by atoms with Crippen molar-refractivity contribution in [2.75, 3.05) is 12.4 Å². The summed E-state index contributed by atoms with van der Waals surface area (Å²) in [6.45, 7) is 2.12. The number of benzene rings is 2. The highest BCUT2D eigenvalue weighted by Gasteiger charge is 2.01. The van der Waals surface area contributed by atoms with Gasteiger partial charge in [0, 0.05) is 23.5 Å². The van der Waals surface area contributed by atoms with Crippen LogP contribution >= 0.6 is 0 Å². The van der Waals surface area contributed by atoms with Gasteiger partial charge in [0.15, 0.2) is 5.78 Å². The Bertz CT molecular complexity index is 613. The number of anilines is 1. The quantitative estimate of drug-likeness (QED) is 0.641. The van der Waals surface area contributed by atoms with Crippen molar-refractivity contribution < 1.29 is 9.53 Å². The van der Waals surface area contributed by atoms with Gasteiger partial charge in [-0.05, 0) is 48.4 Å². The fourth-order valence-corrected chi connectivity index (χ4v) is 1.90. The van der Waals surface area contributed by atoms with Gasteiger partial charge in [0.05, 0.1) is 7.11 Å². The van der Waals surface area contributed by atoms with Gasteiger partial charge in [0.2, 0.25) is 0 Å². The Balaban J connectivity index is 1.94. The maximum atomic E-state index is 12.0. The van der Waals surface area contributed by atoms with Crippen LogP contribution in [-0.2, 0) is 6.42 Å². The first-order chi connectivity index (χ1) is 10.2. The highest BCUT2D eigenvalue weighted by molar-refractivity contribution is 6.04. The van der Waals surface area contributed by atoms with Crippen molar-refractivity contribution in [1.29, 1.82) is 0 Å². The van der Waals surface area contributed by atoms with Crippen LogP contribution in [0.1, 0.15) is 22.8 Å². The molecule has 21 heavy (non-hydrogen) atoms. The van der Waals surface area contributed by atoms with Crippen LogP contribution in [-0.4, -0.2) is 12.9 Å². The predicted octanol–water partition coefficient (Wildman–Crippen LogP) is 4.07. The largest absolute Gasteiger partial charge is 0.497 e. The van der Waals surface area contributed by atoms with E-state index in [9.17, 15) is 4.79 Å². The van der Waals surface area contributed by atoms with Gasteiger partial charge in [-0.2, -0.15) is 0 Å². The van der Waals surface area contributed by atoms with Gasteiger partial charge in [-0.25, -0.2) is 0 Å². The zero-order valence-electron chi connectivity index (χ0n) is 12.3. The summed E-state index contributed by atoms with van der Waals surface area (Å²) >= 11 is 0. The molecule has 1 N–H and O–H groups in total. The van der Waals surface area contributed by atoms with Gasteiger partial charge in [0.1, 0.15) is 5.75 Å². The topological polar surface area (TPSA) is 38.3 Å². The maximum absolute atomic E-state index is 12.0. The van der Waals surface area contributed by atoms with Gasteiger partial charge in [0.25, 0.3) is 0 Å². The lowest BCUT2D eigenvalue weighted by atomic mass is 10.1. The summed E-state index contributed by atoms with van der Waals surface area (Å²) < 4.78 is 5.07. The van der Waals surface area contributed by atoms with Crippen molar-refractivity contribution >= 4 is 11.5 Å². The van der Waals surface area contributed by atoms with Gasteiger partial charge in [-0.1, -0.05) is 19.1 Å². The number of aryl methyl sites for hydroxylation is 1. The number of hydrogen-bond acceptors (Lipinski definition) is 3. The third kappa shape index (κ3) is 4.21. The molecule has 108 valence electrons. The normalized spacial score (nSPS) is 10.6. The highest BCUT2D eigenvalue weighted by Crippen LogP contribution is 2.13. The summed E-state index contributed by atoms with van der Waals surface area (Å²) in [5.74, 6) is 0.694. The number of carbonyl (C=O) groups is 1. The summed E-state index contributed by atoms with van der Waals surface area (Å²) in [6, 6.07) is 15.2. The molecular weight excluding hydrogens is 262 g/mol. The van der Waals surface area contributed by atoms with E-state index in [4.69, 9.17) is 4.74 Å². The van der Waals surface area contributed by atoms with Crippen LogP contribution < -0.4 is 10.1 Å². The molecule has 0 fully saturated rings. The number of allylic oxidation sites excluding steroid dienone is 1. The molecule has 0 atom stereocenters. The van der Waals surface area contributed by atoms with Crippen molar-refractivity contribution in [3.8, 4) is 5.75 Å². The van der Waals surface area contributed by atoms with Gasteiger partial charge in [-0.15, -0.1) is 0 Å². The lowest BCUT2D eigenvalue weighted by Crippen LogP contribution is -1.96. The number of methoxy groups -OCH3 is 1. The summed E-state index contributed by atoms with van der Waals surface area (Å²) in [6.07, 6.45) is 4.20. The van der Waals surface area contributed by atoms with E-state index in [1.807, 2.05) is 12.1 Å². The minimum atomic E-state index is -0.0460. The number of rotatable bonds is 6. The van der Waals surface area contributed by atoms with E-state index in [0.29, 0.717) is 5.56 Å². The second kappa shape index (κ2) is 7.29. The van der Waals surface area contributed by atoms with E-state index in [1.165, 1.54) is 11.6 Å². The summed E-state index contributed by atoms with van der Waals surface area (Å²) in [5, 5.41) is 3.09. The molecule has 0 saturated carbocycles. The van der Waals surface area contributed by atoms with Gasteiger partial charge in [-0.3, -0.25) is 4.79 Å². The molecule has 0 aliphatic heterocycles. The number of carbonyl (C=O) groups excluding carboxylic acids is 1. The molecule has 2 aromatic carbocycles. The van der Waals surface area contributed by atoms with E-state index in [1.54, 1.807) is 37.6 Å².